The van der Waals surface area contributed by atoms with Gasteiger partial charge in [-0.2, -0.15) is 0 Å². The quantitative estimate of drug-likeness (QED) is 0.722. The normalized spacial score (nSPS) is 11.3. The number of ketones is 1. The molecular weight excluding hydrogens is 271 g/mol. The van der Waals surface area contributed by atoms with Crippen molar-refractivity contribution < 1.29 is 22.3 Å². The average molecular weight is 288 g/mol. The van der Waals surface area contributed by atoms with Crippen LogP contribution in [0.4, 0.5) is 4.39 Å². The first-order chi connectivity index (χ1) is 8.89. The number of halogens is 1. The Hall–Kier alpha value is -1.43. The lowest BCUT2D eigenvalue weighted by Crippen LogP contribution is -2.19. The molecule has 1 aromatic carbocycles. The Morgan fingerprint density at radius 1 is 1.37 bits per heavy atom. The van der Waals surface area contributed by atoms with Gasteiger partial charge in [0, 0.05) is 5.56 Å². The molecule has 106 valence electrons. The number of benzene rings is 1. The summed E-state index contributed by atoms with van der Waals surface area (Å²) in [5.74, 6) is -1.87. The maximum absolute atomic E-state index is 13.4. The number of rotatable bonds is 7. The number of ether oxygens (including phenoxy) is 1. The summed E-state index contributed by atoms with van der Waals surface area (Å²) >= 11 is 0. The number of Topliss-reactive ketones (excluding diaryl/α,β-unsaturated/α-hetero) is 1. The Morgan fingerprint density at radius 3 is 2.58 bits per heavy atom. The highest BCUT2D eigenvalue weighted by molar-refractivity contribution is 7.92. The van der Waals surface area contributed by atoms with Gasteiger partial charge in [0.15, 0.2) is 27.2 Å². The molecule has 0 unspecified atom stereocenters. The van der Waals surface area contributed by atoms with Crippen LogP contribution < -0.4 is 4.74 Å². The highest BCUT2D eigenvalue weighted by atomic mass is 32.2. The van der Waals surface area contributed by atoms with Crippen molar-refractivity contribution in [3.63, 3.8) is 0 Å². The molecule has 0 aliphatic rings. The van der Waals surface area contributed by atoms with Crippen molar-refractivity contribution in [1.29, 1.82) is 0 Å². The molecule has 0 saturated carbocycles. The molecule has 0 fully saturated rings. The van der Waals surface area contributed by atoms with Gasteiger partial charge >= 0.3 is 0 Å². The molecule has 0 bridgehead atoms. The van der Waals surface area contributed by atoms with Crippen LogP contribution in [0.2, 0.25) is 0 Å². The summed E-state index contributed by atoms with van der Waals surface area (Å²) in [6.45, 7) is 1.87. The van der Waals surface area contributed by atoms with Crippen molar-refractivity contribution in [3.05, 3.63) is 29.6 Å². The molecule has 1 rings (SSSR count). The summed E-state index contributed by atoms with van der Waals surface area (Å²) in [7, 11) is -2.11. The van der Waals surface area contributed by atoms with Crippen LogP contribution in [0.25, 0.3) is 0 Å². The predicted octanol–water partition coefficient (Wildman–Crippen LogP) is 2.23. The van der Waals surface area contributed by atoms with Gasteiger partial charge in [-0.25, -0.2) is 12.8 Å². The lowest BCUT2D eigenvalue weighted by molar-refractivity contribution is 0.102. The minimum Gasteiger partial charge on any atom is -0.494 e. The standard InChI is InChI=1S/C13H17FO4S/c1-3-4-7-19(16,17)9-12(15)10-5-6-13(18-2)11(14)8-10/h5-6,8H,3-4,7,9H2,1-2H3. The number of methoxy groups -OCH3 is 1. The van der Waals surface area contributed by atoms with Crippen molar-refractivity contribution in [3.8, 4) is 5.75 Å². The molecule has 6 heteroatoms. The molecule has 4 nitrogen and oxygen atoms in total. The number of hydrogen-bond acceptors (Lipinski definition) is 4. The zero-order valence-electron chi connectivity index (χ0n) is 11.0. The Labute approximate surface area is 112 Å². The van der Waals surface area contributed by atoms with Gasteiger partial charge in [-0.3, -0.25) is 4.79 Å². The molecule has 0 aliphatic heterocycles. The Kier molecular flexibility index (Phi) is 5.47. The predicted molar refractivity (Wildman–Crippen MR) is 70.8 cm³/mol. The fourth-order valence-corrected chi connectivity index (χ4v) is 3.00. The molecule has 0 aromatic heterocycles. The van der Waals surface area contributed by atoms with Gasteiger partial charge in [-0.05, 0) is 24.6 Å². The topological polar surface area (TPSA) is 60.4 Å². The van der Waals surface area contributed by atoms with Crippen molar-refractivity contribution in [2.75, 3.05) is 18.6 Å². The minimum atomic E-state index is -3.42. The fraction of sp³-hybridized carbons (Fsp3) is 0.462. The molecule has 19 heavy (non-hydrogen) atoms. The number of sulfone groups is 1. The van der Waals surface area contributed by atoms with E-state index in [-0.39, 0.29) is 17.1 Å². The van der Waals surface area contributed by atoms with Gasteiger partial charge in [-0.15, -0.1) is 0 Å². The van der Waals surface area contributed by atoms with Crippen molar-refractivity contribution >= 4 is 15.6 Å². The molecule has 0 atom stereocenters. The van der Waals surface area contributed by atoms with E-state index < -0.39 is 27.2 Å². The smallest absolute Gasteiger partial charge is 0.177 e. The van der Waals surface area contributed by atoms with Gasteiger partial charge in [0.1, 0.15) is 5.75 Å². The molecule has 1 aromatic rings. The van der Waals surface area contributed by atoms with Crippen LogP contribution in [0.3, 0.4) is 0 Å². The van der Waals surface area contributed by atoms with E-state index >= 15 is 0 Å². The molecule has 0 N–H and O–H groups in total. The first-order valence-electron chi connectivity index (χ1n) is 5.96. The lowest BCUT2D eigenvalue weighted by atomic mass is 10.1. The van der Waals surface area contributed by atoms with E-state index in [0.717, 1.165) is 12.5 Å². The van der Waals surface area contributed by atoms with Gasteiger partial charge in [0.25, 0.3) is 0 Å². The van der Waals surface area contributed by atoms with Crippen molar-refractivity contribution in [1.82, 2.24) is 0 Å². The molecule has 0 heterocycles. The second kappa shape index (κ2) is 6.65. The maximum Gasteiger partial charge on any atom is 0.177 e. The van der Waals surface area contributed by atoms with Crippen LogP contribution in [-0.4, -0.2) is 32.8 Å². The zero-order valence-corrected chi connectivity index (χ0v) is 11.8. The van der Waals surface area contributed by atoms with E-state index in [1.54, 1.807) is 0 Å². The highest BCUT2D eigenvalue weighted by Crippen LogP contribution is 2.18. The fourth-order valence-electron chi connectivity index (χ4n) is 1.56. The molecule has 0 saturated heterocycles. The third-order valence-corrected chi connectivity index (χ3v) is 4.25. The van der Waals surface area contributed by atoms with Crippen LogP contribution in [0, 0.1) is 5.82 Å². The van der Waals surface area contributed by atoms with Gasteiger partial charge in [0.05, 0.1) is 12.9 Å². The lowest BCUT2D eigenvalue weighted by Gasteiger charge is -2.05. The van der Waals surface area contributed by atoms with Crippen LogP contribution in [0.5, 0.6) is 5.75 Å². The van der Waals surface area contributed by atoms with Crippen LogP contribution in [0.15, 0.2) is 18.2 Å². The number of carbonyl (C=O) groups is 1. The van der Waals surface area contributed by atoms with Gasteiger partial charge in [-0.1, -0.05) is 13.3 Å². The summed E-state index contributed by atoms with van der Waals surface area (Å²) in [6.07, 6.45) is 1.26. The molecule has 0 radical (unpaired) electrons. The molecule has 0 aliphatic carbocycles. The summed E-state index contributed by atoms with van der Waals surface area (Å²) in [6, 6.07) is 3.66. The Morgan fingerprint density at radius 2 is 2.05 bits per heavy atom. The number of unbranched alkanes of at least 4 members (excludes halogenated alkanes) is 1. The van der Waals surface area contributed by atoms with E-state index in [4.69, 9.17) is 4.74 Å². The van der Waals surface area contributed by atoms with Gasteiger partial charge in [0.2, 0.25) is 0 Å². The van der Waals surface area contributed by atoms with Crippen LogP contribution >= 0.6 is 0 Å². The largest absolute Gasteiger partial charge is 0.494 e. The van der Waals surface area contributed by atoms with Crippen LogP contribution in [-0.2, 0) is 9.84 Å². The molecule has 0 spiro atoms. The van der Waals surface area contributed by atoms with Gasteiger partial charge < -0.3 is 4.74 Å². The monoisotopic (exact) mass is 288 g/mol. The number of carbonyl (C=O) groups excluding carboxylic acids is 1. The average Bonchev–Trinajstić information content (AvgIpc) is 2.35. The molecular formula is C13H17FO4S. The number of hydrogen-bond donors (Lipinski definition) is 0. The first-order valence-corrected chi connectivity index (χ1v) is 7.79. The van der Waals surface area contributed by atoms with E-state index in [1.807, 2.05) is 6.92 Å². The van der Waals surface area contributed by atoms with E-state index in [1.165, 1.54) is 19.2 Å². The third kappa shape index (κ3) is 4.63. The van der Waals surface area contributed by atoms with E-state index in [9.17, 15) is 17.6 Å². The second-order valence-corrected chi connectivity index (χ2v) is 6.40. The van der Waals surface area contributed by atoms with Crippen molar-refractivity contribution in [2.24, 2.45) is 0 Å². The summed E-state index contributed by atoms with van der Waals surface area (Å²) in [4.78, 5) is 11.8. The van der Waals surface area contributed by atoms with E-state index in [0.29, 0.717) is 6.42 Å². The minimum absolute atomic E-state index is 0.0189. The second-order valence-electron chi connectivity index (χ2n) is 4.22. The SMILES string of the molecule is CCCCS(=O)(=O)CC(=O)c1ccc(OC)c(F)c1. The van der Waals surface area contributed by atoms with Crippen LogP contribution in [0.1, 0.15) is 30.1 Å². The maximum atomic E-state index is 13.4. The summed E-state index contributed by atoms with van der Waals surface area (Å²) in [5.41, 5.74) is 0.0402. The van der Waals surface area contributed by atoms with E-state index in [2.05, 4.69) is 0 Å². The summed E-state index contributed by atoms with van der Waals surface area (Å²) < 4.78 is 41.4. The highest BCUT2D eigenvalue weighted by Gasteiger charge is 2.18. The molecule has 0 amide bonds. The summed E-state index contributed by atoms with van der Waals surface area (Å²) in [5, 5.41) is 0. The Balaban J connectivity index is 2.81. The van der Waals surface area contributed by atoms with Crippen molar-refractivity contribution in [2.45, 2.75) is 19.8 Å². The third-order valence-electron chi connectivity index (χ3n) is 2.63. The zero-order chi connectivity index (χ0) is 14.5. The first kappa shape index (κ1) is 15.6. The Bertz CT molecular complexity index is 552.